The molecule has 0 atom stereocenters. The van der Waals surface area contributed by atoms with Gasteiger partial charge in [0.05, 0.1) is 21.3 Å². The highest BCUT2D eigenvalue weighted by Crippen LogP contribution is 2.33. The number of alkyl halides is 3. The van der Waals surface area contributed by atoms with Crippen LogP contribution in [0.15, 0.2) is 36.5 Å². The lowest BCUT2D eigenvalue weighted by molar-refractivity contribution is -0.384. The predicted octanol–water partition coefficient (Wildman–Crippen LogP) is 3.31. The van der Waals surface area contributed by atoms with E-state index >= 15 is 0 Å². The van der Waals surface area contributed by atoms with E-state index in [4.69, 9.17) is 11.6 Å². The SMILES string of the molecule is O=[N+]([O-])c1ccc(CS(=O)(=O)N2CCN(c3ncc(C(F)(F)F)cc3Cl)CC2)cc1. The molecule has 0 bridgehead atoms. The number of nitro benzene ring substituents is 1. The third kappa shape index (κ3) is 4.99. The third-order valence-corrected chi connectivity index (χ3v) is 6.71. The quantitative estimate of drug-likeness (QED) is 0.497. The molecular weight excluding hydrogens is 449 g/mol. The molecule has 0 spiro atoms. The van der Waals surface area contributed by atoms with Crippen molar-refractivity contribution in [1.29, 1.82) is 0 Å². The molecule has 0 unspecified atom stereocenters. The fourth-order valence-electron chi connectivity index (χ4n) is 3.01. The van der Waals surface area contributed by atoms with Crippen LogP contribution >= 0.6 is 11.6 Å². The van der Waals surface area contributed by atoms with Crippen molar-refractivity contribution in [3.63, 3.8) is 0 Å². The van der Waals surface area contributed by atoms with Gasteiger partial charge in [-0.05, 0) is 11.6 Å². The summed E-state index contributed by atoms with van der Waals surface area (Å²) < 4.78 is 64.8. The van der Waals surface area contributed by atoms with Crippen LogP contribution in [0.2, 0.25) is 5.02 Å². The maximum absolute atomic E-state index is 12.7. The fraction of sp³-hybridized carbons (Fsp3) is 0.353. The number of sulfonamides is 1. The maximum Gasteiger partial charge on any atom is 0.417 e. The van der Waals surface area contributed by atoms with Crippen LogP contribution in [0.5, 0.6) is 0 Å². The molecule has 3 rings (SSSR count). The van der Waals surface area contributed by atoms with Crippen molar-refractivity contribution in [3.05, 3.63) is 62.8 Å². The highest BCUT2D eigenvalue weighted by molar-refractivity contribution is 7.88. The summed E-state index contributed by atoms with van der Waals surface area (Å²) in [5, 5.41) is 10.5. The van der Waals surface area contributed by atoms with Gasteiger partial charge in [-0.2, -0.15) is 17.5 Å². The number of nitrogens with zero attached hydrogens (tertiary/aromatic N) is 4. The number of piperazine rings is 1. The Morgan fingerprint density at radius 3 is 2.23 bits per heavy atom. The zero-order valence-electron chi connectivity index (χ0n) is 15.3. The molecule has 30 heavy (non-hydrogen) atoms. The van der Waals surface area contributed by atoms with Gasteiger partial charge >= 0.3 is 6.18 Å². The molecule has 1 aromatic carbocycles. The Balaban J connectivity index is 1.65. The highest BCUT2D eigenvalue weighted by Gasteiger charge is 2.33. The molecular formula is C17H16ClF3N4O4S. The fourth-order valence-corrected chi connectivity index (χ4v) is 4.81. The number of pyridine rings is 1. The van der Waals surface area contributed by atoms with Crippen LogP contribution in [-0.2, 0) is 22.0 Å². The number of anilines is 1. The zero-order valence-corrected chi connectivity index (χ0v) is 16.9. The summed E-state index contributed by atoms with van der Waals surface area (Å²) in [6, 6.07) is 6.04. The van der Waals surface area contributed by atoms with Crippen LogP contribution in [0.25, 0.3) is 0 Å². The van der Waals surface area contributed by atoms with Crippen molar-refractivity contribution in [2.45, 2.75) is 11.9 Å². The molecule has 1 aliphatic heterocycles. The van der Waals surface area contributed by atoms with Gasteiger partial charge in [0.15, 0.2) is 0 Å². The minimum Gasteiger partial charge on any atom is -0.353 e. The average molecular weight is 465 g/mol. The number of rotatable bonds is 5. The molecule has 0 aliphatic carbocycles. The number of benzene rings is 1. The number of nitro groups is 1. The molecule has 1 fully saturated rings. The van der Waals surface area contributed by atoms with Gasteiger partial charge in [-0.15, -0.1) is 0 Å². The first-order valence-corrected chi connectivity index (χ1v) is 10.6. The number of hydrogen-bond acceptors (Lipinski definition) is 6. The topological polar surface area (TPSA) is 96.6 Å². The van der Waals surface area contributed by atoms with Gasteiger partial charge in [0, 0.05) is 44.5 Å². The normalized spacial score (nSPS) is 15.9. The summed E-state index contributed by atoms with van der Waals surface area (Å²) in [5.41, 5.74) is -0.679. The van der Waals surface area contributed by atoms with Crippen LogP contribution in [0.1, 0.15) is 11.1 Å². The van der Waals surface area contributed by atoms with Crippen molar-refractivity contribution in [2.24, 2.45) is 0 Å². The molecule has 0 amide bonds. The molecule has 8 nitrogen and oxygen atoms in total. The Morgan fingerprint density at radius 2 is 1.73 bits per heavy atom. The van der Waals surface area contributed by atoms with Gasteiger partial charge in [-0.25, -0.2) is 13.4 Å². The van der Waals surface area contributed by atoms with Gasteiger partial charge < -0.3 is 4.90 Å². The second-order valence-corrected chi connectivity index (χ2v) is 8.97. The van der Waals surface area contributed by atoms with Crippen molar-refractivity contribution in [1.82, 2.24) is 9.29 Å². The highest BCUT2D eigenvalue weighted by atomic mass is 35.5. The summed E-state index contributed by atoms with van der Waals surface area (Å²) >= 11 is 5.95. The molecule has 0 saturated carbocycles. The van der Waals surface area contributed by atoms with Gasteiger partial charge in [0.25, 0.3) is 5.69 Å². The maximum atomic E-state index is 12.7. The first-order valence-electron chi connectivity index (χ1n) is 8.66. The van der Waals surface area contributed by atoms with Crippen molar-refractivity contribution in [3.8, 4) is 0 Å². The minimum atomic E-state index is -4.56. The predicted molar refractivity (Wildman–Crippen MR) is 104 cm³/mol. The summed E-state index contributed by atoms with van der Waals surface area (Å²) in [5.74, 6) is -0.151. The molecule has 0 radical (unpaired) electrons. The van der Waals surface area contributed by atoms with Crippen molar-refractivity contribution < 1.29 is 26.5 Å². The number of aromatic nitrogens is 1. The number of non-ortho nitro benzene ring substituents is 1. The second kappa shape index (κ2) is 8.36. The second-order valence-electron chi connectivity index (χ2n) is 6.59. The van der Waals surface area contributed by atoms with Crippen molar-refractivity contribution >= 4 is 33.1 Å². The van der Waals surface area contributed by atoms with Gasteiger partial charge in [-0.1, -0.05) is 23.7 Å². The first kappa shape index (κ1) is 22.2. The summed E-state index contributed by atoms with van der Waals surface area (Å²) in [6.45, 7) is 0.623. The monoisotopic (exact) mass is 464 g/mol. The van der Waals surface area contributed by atoms with Gasteiger partial charge in [0.1, 0.15) is 5.82 Å². The Bertz CT molecular complexity index is 1040. The summed E-state index contributed by atoms with van der Waals surface area (Å²) in [6.07, 6.45) is -3.86. The number of halogens is 4. The van der Waals surface area contributed by atoms with E-state index in [1.54, 1.807) is 4.90 Å². The minimum absolute atomic E-state index is 0.106. The smallest absolute Gasteiger partial charge is 0.353 e. The van der Waals surface area contributed by atoms with Gasteiger partial charge in [0.2, 0.25) is 10.0 Å². The van der Waals surface area contributed by atoms with Crippen LogP contribution in [0, 0.1) is 10.1 Å². The lowest BCUT2D eigenvalue weighted by Gasteiger charge is -2.35. The summed E-state index contributed by atoms with van der Waals surface area (Å²) in [4.78, 5) is 15.5. The van der Waals surface area contributed by atoms with Crippen LogP contribution in [0.3, 0.4) is 0 Å². The largest absolute Gasteiger partial charge is 0.417 e. The molecule has 1 aromatic heterocycles. The van der Waals surface area contributed by atoms with Crippen LogP contribution < -0.4 is 4.90 Å². The van der Waals surface area contributed by atoms with E-state index in [-0.39, 0.29) is 48.5 Å². The lowest BCUT2D eigenvalue weighted by atomic mass is 10.2. The Labute approximate surface area is 175 Å². The number of hydrogen-bond donors (Lipinski definition) is 0. The molecule has 162 valence electrons. The third-order valence-electron chi connectivity index (χ3n) is 4.58. The van der Waals surface area contributed by atoms with E-state index in [1.165, 1.54) is 28.6 Å². The zero-order chi connectivity index (χ0) is 22.1. The lowest BCUT2D eigenvalue weighted by Crippen LogP contribution is -2.49. The van der Waals surface area contributed by atoms with Crippen molar-refractivity contribution in [2.75, 3.05) is 31.1 Å². The Morgan fingerprint density at radius 1 is 1.13 bits per heavy atom. The van der Waals surface area contributed by atoms with E-state index in [0.29, 0.717) is 11.8 Å². The van der Waals surface area contributed by atoms with Crippen LogP contribution in [-0.4, -0.2) is 48.8 Å². The van der Waals surface area contributed by atoms with Gasteiger partial charge in [-0.3, -0.25) is 10.1 Å². The summed E-state index contributed by atoms with van der Waals surface area (Å²) in [7, 11) is -3.68. The molecule has 1 saturated heterocycles. The Kier molecular flexibility index (Phi) is 6.20. The van der Waals surface area contributed by atoms with E-state index < -0.39 is 26.7 Å². The standard InChI is InChI=1S/C17H16ClF3N4O4S/c18-15-9-13(17(19,20)21)10-22-16(15)23-5-7-24(8-6-23)30(28,29)11-12-1-3-14(4-2-12)25(26)27/h1-4,9-10H,5-8,11H2. The average Bonchev–Trinajstić information content (AvgIpc) is 2.67. The molecule has 0 N–H and O–H groups in total. The van der Waals surface area contributed by atoms with Crippen LogP contribution in [0.4, 0.5) is 24.7 Å². The van der Waals surface area contributed by atoms with E-state index in [0.717, 1.165) is 6.07 Å². The van der Waals surface area contributed by atoms with E-state index in [1.807, 2.05) is 0 Å². The molecule has 13 heteroatoms. The molecule has 2 heterocycles. The van der Waals surface area contributed by atoms with E-state index in [2.05, 4.69) is 4.98 Å². The Hall–Kier alpha value is -2.44. The molecule has 1 aliphatic rings. The first-order chi connectivity index (χ1) is 14.0. The van der Waals surface area contributed by atoms with E-state index in [9.17, 15) is 31.7 Å². The molecule has 2 aromatic rings.